The van der Waals surface area contributed by atoms with Crippen LogP contribution in [-0.4, -0.2) is 96.7 Å². The fourth-order valence-corrected chi connectivity index (χ4v) is 11.9. The first-order valence-electron chi connectivity index (χ1n) is 35.9. The first kappa shape index (κ1) is 86.1. The van der Waals surface area contributed by atoms with E-state index in [-0.39, 0.29) is 25.7 Å². The van der Waals surface area contributed by atoms with E-state index in [0.717, 1.165) is 108 Å². The zero-order valence-electron chi connectivity index (χ0n) is 57.2. The minimum atomic E-state index is -4.95. The number of aliphatic hydroxyl groups is 1. The number of carbonyl (C=O) groups is 4. The third-order valence-electron chi connectivity index (χ3n) is 16.2. The topological polar surface area (TPSA) is 237 Å². The van der Waals surface area contributed by atoms with Gasteiger partial charge in [0.15, 0.2) is 12.2 Å². The van der Waals surface area contributed by atoms with Crippen molar-refractivity contribution in [2.75, 3.05) is 39.6 Å². The van der Waals surface area contributed by atoms with Gasteiger partial charge in [0.25, 0.3) is 0 Å². The van der Waals surface area contributed by atoms with Gasteiger partial charge in [0, 0.05) is 25.7 Å². The van der Waals surface area contributed by atoms with E-state index in [0.29, 0.717) is 25.7 Å². The maximum Gasteiger partial charge on any atom is 0.472 e. The molecule has 88 heavy (non-hydrogen) atoms. The number of hydrogen-bond acceptors (Lipinski definition) is 15. The van der Waals surface area contributed by atoms with Crippen molar-refractivity contribution < 1.29 is 80.2 Å². The summed E-state index contributed by atoms with van der Waals surface area (Å²) in [7, 11) is -9.90. The lowest BCUT2D eigenvalue weighted by Crippen LogP contribution is -2.30. The number of ether oxygens (including phenoxy) is 4. The van der Waals surface area contributed by atoms with Crippen molar-refractivity contribution in [2.45, 2.75) is 362 Å². The normalized spacial score (nSPS) is 14.5. The summed E-state index contributed by atoms with van der Waals surface area (Å²) < 4.78 is 68.2. The Bertz CT molecular complexity index is 1730. The third-order valence-corrected chi connectivity index (χ3v) is 18.1. The molecule has 522 valence electrons. The van der Waals surface area contributed by atoms with Crippen molar-refractivity contribution in [2.24, 2.45) is 17.8 Å². The first-order valence-corrected chi connectivity index (χ1v) is 38.9. The van der Waals surface area contributed by atoms with E-state index in [1.807, 2.05) is 0 Å². The van der Waals surface area contributed by atoms with Crippen molar-refractivity contribution in [1.82, 2.24) is 0 Å². The Kier molecular flexibility index (Phi) is 58.7. The molecule has 0 aromatic carbocycles. The second-order valence-corrected chi connectivity index (χ2v) is 29.0. The van der Waals surface area contributed by atoms with Crippen molar-refractivity contribution in [1.29, 1.82) is 0 Å². The lowest BCUT2D eigenvalue weighted by molar-refractivity contribution is -0.161. The Balaban J connectivity index is 5.25. The van der Waals surface area contributed by atoms with E-state index in [1.165, 1.54) is 154 Å². The van der Waals surface area contributed by atoms with Gasteiger partial charge in [-0.3, -0.25) is 37.3 Å². The SMILES string of the molecule is CCCCCCCCCCCC(=O)OC[C@H](COP(=O)(O)OC[C@H](O)COP(=O)(O)OC[C@@H](COC(=O)CCCCCCCCCCCC(C)C)OC(=O)CCCCCCCCCCCCCCC(C)C)OC(=O)CCCCCCCCCCC(C)CC. The summed E-state index contributed by atoms with van der Waals surface area (Å²) in [4.78, 5) is 72.5. The number of phosphoric acid groups is 2. The monoisotopic (exact) mass is 1300 g/mol. The highest BCUT2D eigenvalue weighted by atomic mass is 31.2. The molecule has 0 aliphatic heterocycles. The Morgan fingerprint density at radius 1 is 0.330 bits per heavy atom. The van der Waals surface area contributed by atoms with Crippen LogP contribution in [0, 0.1) is 17.8 Å². The lowest BCUT2D eigenvalue weighted by Gasteiger charge is -2.21. The van der Waals surface area contributed by atoms with E-state index in [1.54, 1.807) is 0 Å². The van der Waals surface area contributed by atoms with Crippen LogP contribution in [0.5, 0.6) is 0 Å². The molecule has 6 atom stereocenters. The van der Waals surface area contributed by atoms with Crippen LogP contribution < -0.4 is 0 Å². The highest BCUT2D eigenvalue weighted by Gasteiger charge is 2.30. The molecular weight excluding hydrogens is 1160 g/mol. The average molecular weight is 1300 g/mol. The molecule has 19 heteroatoms. The molecule has 0 rings (SSSR count). The molecule has 3 unspecified atom stereocenters. The van der Waals surface area contributed by atoms with Crippen LogP contribution >= 0.6 is 15.6 Å². The average Bonchev–Trinajstić information content (AvgIpc) is 3.51. The summed E-state index contributed by atoms with van der Waals surface area (Å²) >= 11 is 0. The van der Waals surface area contributed by atoms with Gasteiger partial charge in [-0.15, -0.1) is 0 Å². The second-order valence-electron chi connectivity index (χ2n) is 26.1. The summed E-state index contributed by atoms with van der Waals surface area (Å²) in [6, 6.07) is 0. The van der Waals surface area contributed by atoms with Gasteiger partial charge in [0.05, 0.1) is 26.4 Å². The Hall–Kier alpha value is -1.94. The van der Waals surface area contributed by atoms with Crippen LogP contribution in [0.3, 0.4) is 0 Å². The number of carbonyl (C=O) groups excluding carboxylic acids is 4. The molecule has 0 spiro atoms. The summed E-state index contributed by atoms with van der Waals surface area (Å²) in [5.74, 6) is 0.161. The quantitative estimate of drug-likeness (QED) is 0.0222. The molecule has 3 N–H and O–H groups in total. The van der Waals surface area contributed by atoms with Crippen LogP contribution in [-0.2, 0) is 65.4 Å². The Morgan fingerprint density at radius 2 is 0.580 bits per heavy atom. The van der Waals surface area contributed by atoms with Gasteiger partial charge in [-0.1, -0.05) is 292 Å². The van der Waals surface area contributed by atoms with Gasteiger partial charge in [-0.2, -0.15) is 0 Å². The molecule has 0 saturated carbocycles. The van der Waals surface area contributed by atoms with Crippen molar-refractivity contribution in [3.63, 3.8) is 0 Å². The van der Waals surface area contributed by atoms with Crippen LogP contribution in [0.1, 0.15) is 344 Å². The number of aliphatic hydroxyl groups excluding tert-OH is 1. The molecule has 17 nitrogen and oxygen atoms in total. The molecule has 0 aliphatic rings. The molecule has 0 aromatic heterocycles. The highest BCUT2D eigenvalue weighted by Crippen LogP contribution is 2.45. The molecule has 0 heterocycles. The summed E-state index contributed by atoms with van der Waals surface area (Å²) in [6.07, 6.45) is 43.0. The molecule has 0 radical (unpaired) electrons. The number of unbranched alkanes of at least 4 members (excludes halogenated alkanes) is 34. The van der Waals surface area contributed by atoms with E-state index in [9.17, 15) is 43.2 Å². The smallest absolute Gasteiger partial charge is 0.462 e. The predicted molar refractivity (Wildman–Crippen MR) is 354 cm³/mol. The third kappa shape index (κ3) is 61.6. The highest BCUT2D eigenvalue weighted by molar-refractivity contribution is 7.47. The summed E-state index contributed by atoms with van der Waals surface area (Å²) in [5, 5.41) is 10.6. The molecular formula is C69H134O17P2. The van der Waals surface area contributed by atoms with E-state index in [2.05, 4.69) is 48.5 Å². The zero-order valence-corrected chi connectivity index (χ0v) is 59.0. The predicted octanol–water partition coefficient (Wildman–Crippen LogP) is 19.5. The van der Waals surface area contributed by atoms with Crippen LogP contribution in [0.2, 0.25) is 0 Å². The molecule has 0 aromatic rings. The van der Waals surface area contributed by atoms with Crippen molar-refractivity contribution in [3.05, 3.63) is 0 Å². The fraction of sp³-hybridized carbons (Fsp3) is 0.942. The lowest BCUT2D eigenvalue weighted by atomic mass is 9.99. The van der Waals surface area contributed by atoms with Crippen molar-refractivity contribution in [3.8, 4) is 0 Å². The largest absolute Gasteiger partial charge is 0.472 e. The maximum atomic E-state index is 13.0. The van der Waals surface area contributed by atoms with Gasteiger partial charge in [-0.05, 0) is 43.4 Å². The summed E-state index contributed by atoms with van der Waals surface area (Å²) in [5.41, 5.74) is 0. The van der Waals surface area contributed by atoms with Gasteiger partial charge in [0.1, 0.15) is 19.3 Å². The van der Waals surface area contributed by atoms with Gasteiger partial charge >= 0.3 is 39.5 Å². The standard InChI is InChI=1S/C69H134O17P2/c1-8-10-11-12-13-19-29-36-43-50-66(71)79-56-65(86-69(74)53-46-39-32-25-24-28-35-42-49-62(7)9-2)59-84-88(77,78)82-55-63(70)54-81-87(75,76)83-58-64(57-80-67(72)51-44-37-30-23-18-21-27-34-41-48-61(5)6)85-68(73)52-45-38-31-22-17-15-14-16-20-26-33-40-47-60(3)4/h60-65,70H,8-59H2,1-7H3,(H,75,76)(H,77,78)/t62?,63-,64-,65-/m1/s1. The second kappa shape index (κ2) is 60.0. The fourth-order valence-electron chi connectivity index (χ4n) is 10.3. The summed E-state index contributed by atoms with van der Waals surface area (Å²) in [6.45, 7) is 11.8. The number of phosphoric ester groups is 2. The molecule has 0 saturated heterocycles. The van der Waals surface area contributed by atoms with Crippen LogP contribution in [0.15, 0.2) is 0 Å². The Morgan fingerprint density at radius 3 is 0.864 bits per heavy atom. The van der Waals surface area contributed by atoms with Gasteiger partial charge < -0.3 is 33.8 Å². The number of rotatable bonds is 67. The Labute approximate surface area is 537 Å². The van der Waals surface area contributed by atoms with Gasteiger partial charge in [0.2, 0.25) is 0 Å². The maximum absolute atomic E-state index is 13.0. The first-order chi connectivity index (χ1) is 42.3. The van der Waals surface area contributed by atoms with E-state index in [4.69, 9.17) is 37.0 Å². The van der Waals surface area contributed by atoms with E-state index < -0.39 is 97.5 Å². The molecule has 0 amide bonds. The van der Waals surface area contributed by atoms with Gasteiger partial charge in [-0.25, -0.2) is 9.13 Å². The number of hydrogen-bond donors (Lipinski definition) is 3. The molecule has 0 bridgehead atoms. The number of esters is 4. The molecule has 0 fully saturated rings. The minimum absolute atomic E-state index is 0.105. The zero-order chi connectivity index (χ0) is 65.2. The van der Waals surface area contributed by atoms with E-state index >= 15 is 0 Å². The minimum Gasteiger partial charge on any atom is -0.462 e. The van der Waals surface area contributed by atoms with Crippen molar-refractivity contribution >= 4 is 39.5 Å². The van der Waals surface area contributed by atoms with Crippen LogP contribution in [0.25, 0.3) is 0 Å². The molecule has 0 aliphatic carbocycles. The van der Waals surface area contributed by atoms with Crippen LogP contribution in [0.4, 0.5) is 0 Å².